The van der Waals surface area contributed by atoms with Crippen molar-refractivity contribution >= 4 is 20.2 Å². The van der Waals surface area contributed by atoms with Crippen LogP contribution in [0.2, 0.25) is 6.82 Å². The van der Waals surface area contributed by atoms with E-state index in [1.54, 1.807) is 11.7 Å². The zero-order chi connectivity index (χ0) is 13.5. The molecule has 1 heterocycles. The van der Waals surface area contributed by atoms with Crippen LogP contribution >= 0.6 is 0 Å². The number of carboxylic acids is 1. The Labute approximate surface area is 108 Å². The van der Waals surface area contributed by atoms with E-state index >= 15 is 0 Å². The molecule has 6 nitrogen and oxygen atoms in total. The fourth-order valence-corrected chi connectivity index (χ4v) is 2.46. The van der Waals surface area contributed by atoms with Gasteiger partial charge in [0.15, 0.2) is 0 Å². The average molecular weight is 254 g/mol. The van der Waals surface area contributed by atoms with E-state index in [-0.39, 0.29) is 6.44 Å². The molecule has 100 valence electrons. The molecule has 0 aromatic rings. The Morgan fingerprint density at radius 2 is 2.33 bits per heavy atom. The number of carboxylic acid groups (broad SMARTS) is 1. The Morgan fingerprint density at radius 3 is 2.89 bits per heavy atom. The molecular weight excluding hydrogens is 234 g/mol. The van der Waals surface area contributed by atoms with Crippen molar-refractivity contribution in [3.8, 4) is 0 Å². The van der Waals surface area contributed by atoms with Crippen LogP contribution in [-0.2, 0) is 9.50 Å². The quantitative estimate of drug-likeness (QED) is 0.390. The number of hydrogen-bond donors (Lipinski definition) is 3. The van der Waals surface area contributed by atoms with Gasteiger partial charge in [0, 0.05) is 0 Å². The molecule has 0 aliphatic carbocycles. The summed E-state index contributed by atoms with van der Waals surface area (Å²) in [7, 11) is 0.250. The molecule has 0 spiro atoms. The van der Waals surface area contributed by atoms with E-state index in [1.165, 1.54) is 0 Å². The number of rotatable bonds is 8. The van der Waals surface area contributed by atoms with Gasteiger partial charge in [0.1, 0.15) is 0 Å². The first-order valence-electron chi connectivity index (χ1n) is 6.36. The first kappa shape index (κ1) is 15.3. The van der Waals surface area contributed by atoms with Crippen molar-refractivity contribution in [2.75, 3.05) is 19.5 Å². The standard InChI is InChI=1S/C10H20B2N2O4/c1-12(18)13-4-2-3-8-5-9(10(15)16)14(6-8)7-11-17/h8-9,13,18H,2-7H2,1H3,(H,15,16)/t8?,9-/m0/s1. The summed E-state index contributed by atoms with van der Waals surface area (Å²) in [6.45, 7) is 3.06. The molecular formula is C10H20B2N2O4. The Bertz CT molecular complexity index is 291. The number of likely N-dealkylation sites (tertiary alicyclic amines) is 1. The predicted octanol–water partition coefficient (Wildman–Crippen LogP) is -0.751. The third-order valence-electron chi connectivity index (χ3n) is 3.31. The molecule has 0 amide bonds. The third-order valence-corrected chi connectivity index (χ3v) is 3.31. The summed E-state index contributed by atoms with van der Waals surface area (Å²) in [5, 5.41) is 21.0. The fraction of sp³-hybridized carbons (Fsp3) is 0.900. The molecule has 1 aliphatic rings. The van der Waals surface area contributed by atoms with E-state index in [4.69, 9.17) is 10.1 Å². The fourth-order valence-electron chi connectivity index (χ4n) is 2.46. The van der Waals surface area contributed by atoms with Gasteiger partial charge >= 0.3 is 108 Å². The van der Waals surface area contributed by atoms with Crippen molar-refractivity contribution in [1.82, 2.24) is 10.1 Å². The van der Waals surface area contributed by atoms with Crippen molar-refractivity contribution in [3.63, 3.8) is 0 Å². The molecule has 1 rings (SSSR count). The topological polar surface area (TPSA) is 89.9 Å². The molecule has 1 saturated heterocycles. The molecule has 8 heteroatoms. The predicted molar refractivity (Wildman–Crippen MR) is 68.6 cm³/mol. The summed E-state index contributed by atoms with van der Waals surface area (Å²) in [4.78, 5) is 12.8. The van der Waals surface area contributed by atoms with E-state index in [0.717, 1.165) is 26.5 Å². The molecule has 0 saturated carbocycles. The SMILES string of the molecule is CB(O)NCCCC1C[C@@H](C(=O)O)N(CB=O)C1. The molecule has 18 heavy (non-hydrogen) atoms. The van der Waals surface area contributed by atoms with Crippen molar-refractivity contribution in [2.24, 2.45) is 5.92 Å². The number of carbonyl (C=O) groups is 1. The maximum absolute atomic E-state index is 11.0. The summed E-state index contributed by atoms with van der Waals surface area (Å²) >= 11 is 0. The third kappa shape index (κ3) is 4.88. The van der Waals surface area contributed by atoms with Crippen molar-refractivity contribution in [1.29, 1.82) is 0 Å². The van der Waals surface area contributed by atoms with Crippen LogP contribution in [0.25, 0.3) is 0 Å². The number of hydrogen-bond acceptors (Lipinski definition) is 5. The molecule has 1 unspecified atom stereocenters. The summed E-state index contributed by atoms with van der Waals surface area (Å²) in [6, 6.07) is -0.523. The van der Waals surface area contributed by atoms with Crippen molar-refractivity contribution < 1.29 is 19.6 Å². The van der Waals surface area contributed by atoms with Gasteiger partial charge in [0.25, 0.3) is 0 Å². The van der Waals surface area contributed by atoms with Crippen LogP contribution < -0.4 is 5.23 Å². The molecule has 0 radical (unpaired) electrons. The second kappa shape index (κ2) is 7.66. The summed E-state index contributed by atoms with van der Waals surface area (Å²) in [6.07, 6.45) is 2.62. The molecule has 0 aromatic heterocycles. The number of nitrogens with zero attached hydrogens (tertiary/aromatic N) is 1. The first-order chi connectivity index (χ1) is 8.54. The van der Waals surface area contributed by atoms with Crippen LogP contribution in [0, 0.1) is 5.92 Å². The maximum atomic E-state index is 11.0. The van der Waals surface area contributed by atoms with E-state index in [1.807, 2.05) is 0 Å². The average Bonchev–Trinajstić information content (AvgIpc) is 2.68. The van der Waals surface area contributed by atoms with Gasteiger partial charge in [0.2, 0.25) is 0 Å². The van der Waals surface area contributed by atoms with Crippen LogP contribution in [-0.4, -0.2) is 60.8 Å². The minimum atomic E-state index is -0.846. The Morgan fingerprint density at radius 1 is 1.61 bits per heavy atom. The second-order valence-electron chi connectivity index (χ2n) is 4.85. The van der Waals surface area contributed by atoms with Gasteiger partial charge in [-0.25, -0.2) is 0 Å². The number of nitrogens with one attached hydrogen (secondary N) is 1. The van der Waals surface area contributed by atoms with Gasteiger partial charge in [0.05, 0.1) is 0 Å². The van der Waals surface area contributed by atoms with Gasteiger partial charge in [-0.2, -0.15) is 0 Å². The minimum absolute atomic E-state index is 0.194. The molecule has 3 N–H and O–H groups in total. The van der Waals surface area contributed by atoms with E-state index in [9.17, 15) is 9.50 Å². The van der Waals surface area contributed by atoms with Crippen LogP contribution in [0.4, 0.5) is 0 Å². The first-order valence-corrected chi connectivity index (χ1v) is 6.36. The van der Waals surface area contributed by atoms with Crippen molar-refractivity contribution in [2.45, 2.75) is 32.1 Å². The van der Waals surface area contributed by atoms with E-state index in [0.29, 0.717) is 18.9 Å². The van der Waals surface area contributed by atoms with Gasteiger partial charge in [-0.1, -0.05) is 0 Å². The van der Waals surface area contributed by atoms with Crippen molar-refractivity contribution in [3.05, 3.63) is 0 Å². The second-order valence-corrected chi connectivity index (χ2v) is 4.85. The molecule has 0 aromatic carbocycles. The summed E-state index contributed by atoms with van der Waals surface area (Å²) in [5.74, 6) is -0.525. The monoisotopic (exact) mass is 254 g/mol. The summed E-state index contributed by atoms with van der Waals surface area (Å²) in [5.41, 5.74) is 0. The zero-order valence-corrected chi connectivity index (χ0v) is 10.7. The molecule has 2 atom stereocenters. The molecule has 1 aliphatic heterocycles. The van der Waals surface area contributed by atoms with Crippen LogP contribution in [0.15, 0.2) is 0 Å². The molecule has 0 bridgehead atoms. The van der Waals surface area contributed by atoms with Crippen LogP contribution in [0.5, 0.6) is 0 Å². The normalized spacial score (nSPS) is 23.9. The Kier molecular flexibility index (Phi) is 6.52. The van der Waals surface area contributed by atoms with Crippen LogP contribution in [0.1, 0.15) is 19.3 Å². The molecule has 1 fully saturated rings. The Hall–Kier alpha value is -0.720. The van der Waals surface area contributed by atoms with Crippen LogP contribution in [0.3, 0.4) is 0 Å². The zero-order valence-electron chi connectivity index (χ0n) is 10.7. The Balaban J connectivity index is 2.31. The van der Waals surface area contributed by atoms with Gasteiger partial charge < -0.3 is 0 Å². The van der Waals surface area contributed by atoms with Gasteiger partial charge in [-0.15, -0.1) is 0 Å². The number of aliphatic carboxylic acids is 1. The van der Waals surface area contributed by atoms with Gasteiger partial charge in [-0.3, -0.25) is 0 Å². The van der Waals surface area contributed by atoms with Gasteiger partial charge in [-0.05, 0) is 0 Å². The van der Waals surface area contributed by atoms with E-state index < -0.39 is 19.1 Å². The van der Waals surface area contributed by atoms with E-state index in [2.05, 4.69) is 5.23 Å². The summed E-state index contributed by atoms with van der Waals surface area (Å²) < 4.78 is 10.5.